The van der Waals surface area contributed by atoms with E-state index in [0.717, 1.165) is 0 Å². The molecule has 11 heavy (non-hydrogen) atoms. The third kappa shape index (κ3) is 1.96. The maximum atomic E-state index is 3.92. The molecule has 0 radical (unpaired) electrons. The van der Waals surface area contributed by atoms with Crippen molar-refractivity contribution in [1.29, 1.82) is 0 Å². The number of hydrogen-bond acceptors (Lipinski definition) is 5. The minimum Gasteiger partial charge on any atom is -0.356 e. The number of aromatic nitrogens is 3. The molecule has 0 aromatic carbocycles. The number of nitrogens with zero attached hydrogens (tertiary/aromatic N) is 4. The predicted molar refractivity (Wildman–Crippen MR) is 43.2 cm³/mol. The van der Waals surface area contributed by atoms with Gasteiger partial charge in [-0.15, -0.1) is 10.2 Å². The molecule has 0 aliphatic heterocycles. The first-order valence-corrected chi connectivity index (χ1v) is 3.23. The van der Waals surface area contributed by atoms with Crippen LogP contribution in [0.3, 0.4) is 0 Å². The number of hydrogen-bond donors (Lipinski definition) is 1. The van der Waals surface area contributed by atoms with E-state index in [1.54, 1.807) is 19.5 Å². The lowest BCUT2D eigenvalue weighted by atomic mass is 10.7. The van der Waals surface area contributed by atoms with Crippen LogP contribution in [0.4, 0.5) is 11.8 Å². The fourth-order valence-electron chi connectivity index (χ4n) is 0.575. The lowest BCUT2D eigenvalue weighted by Crippen LogP contribution is -1.96. The molecule has 0 saturated heterocycles. The van der Waals surface area contributed by atoms with Crippen LogP contribution in [0.5, 0.6) is 0 Å². The fourth-order valence-corrected chi connectivity index (χ4v) is 0.575. The largest absolute Gasteiger partial charge is 0.356 e. The van der Waals surface area contributed by atoms with E-state index in [2.05, 4.69) is 25.5 Å². The van der Waals surface area contributed by atoms with Crippen molar-refractivity contribution in [3.8, 4) is 0 Å². The zero-order valence-electron chi connectivity index (χ0n) is 6.44. The van der Waals surface area contributed by atoms with E-state index in [9.17, 15) is 0 Å². The van der Waals surface area contributed by atoms with E-state index in [1.165, 1.54) is 0 Å². The van der Waals surface area contributed by atoms with Crippen molar-refractivity contribution in [2.45, 2.75) is 6.92 Å². The summed E-state index contributed by atoms with van der Waals surface area (Å²) in [6.07, 6.45) is 3.20. The molecule has 1 heterocycles. The van der Waals surface area contributed by atoms with Crippen LogP contribution in [0.25, 0.3) is 0 Å². The van der Waals surface area contributed by atoms with E-state index in [0.29, 0.717) is 11.8 Å². The molecule has 0 unspecified atom stereocenters. The Morgan fingerprint density at radius 1 is 1.55 bits per heavy atom. The second kappa shape index (κ2) is 3.60. The second-order valence-corrected chi connectivity index (χ2v) is 1.78. The summed E-state index contributed by atoms with van der Waals surface area (Å²) >= 11 is 0. The number of aliphatic imine (C=N–C) groups is 1. The first-order valence-electron chi connectivity index (χ1n) is 3.23. The van der Waals surface area contributed by atoms with E-state index < -0.39 is 0 Å². The van der Waals surface area contributed by atoms with Crippen LogP contribution < -0.4 is 5.32 Å². The van der Waals surface area contributed by atoms with Gasteiger partial charge in [0.2, 0.25) is 5.95 Å². The Morgan fingerprint density at radius 3 is 2.82 bits per heavy atom. The highest BCUT2D eigenvalue weighted by atomic mass is 15.3. The van der Waals surface area contributed by atoms with Crippen LogP contribution >= 0.6 is 0 Å². The first-order chi connectivity index (χ1) is 5.36. The molecule has 0 bridgehead atoms. The number of nitrogens with one attached hydrogen (secondary N) is 1. The van der Waals surface area contributed by atoms with Crippen molar-refractivity contribution in [1.82, 2.24) is 15.2 Å². The predicted octanol–water partition coefficient (Wildman–Crippen LogP) is 0.635. The number of anilines is 1. The highest BCUT2D eigenvalue weighted by Crippen LogP contribution is 2.02. The third-order valence-corrected chi connectivity index (χ3v) is 1.03. The molecule has 1 N–H and O–H groups in total. The molecule has 0 spiro atoms. The highest BCUT2D eigenvalue weighted by Gasteiger charge is 1.92. The van der Waals surface area contributed by atoms with Crippen molar-refractivity contribution in [2.75, 3.05) is 12.4 Å². The quantitative estimate of drug-likeness (QED) is 0.630. The Morgan fingerprint density at radius 2 is 2.36 bits per heavy atom. The van der Waals surface area contributed by atoms with Crippen LogP contribution in [0.1, 0.15) is 6.92 Å². The Hall–Kier alpha value is -1.52. The number of rotatable bonds is 2. The van der Waals surface area contributed by atoms with Gasteiger partial charge in [-0.1, -0.05) is 0 Å². The van der Waals surface area contributed by atoms with E-state index in [4.69, 9.17) is 0 Å². The lowest BCUT2D eigenvalue weighted by Gasteiger charge is -1.94. The molecule has 0 aliphatic carbocycles. The van der Waals surface area contributed by atoms with Crippen molar-refractivity contribution in [3.05, 3.63) is 6.20 Å². The van der Waals surface area contributed by atoms with Crippen molar-refractivity contribution < 1.29 is 0 Å². The molecule has 1 aromatic heterocycles. The van der Waals surface area contributed by atoms with Gasteiger partial charge in [0.15, 0.2) is 5.82 Å². The molecule has 1 rings (SSSR count). The maximum Gasteiger partial charge on any atom is 0.242 e. The Kier molecular flexibility index (Phi) is 2.48. The Bertz CT molecular complexity index is 240. The zero-order chi connectivity index (χ0) is 8.10. The summed E-state index contributed by atoms with van der Waals surface area (Å²) in [7, 11) is 1.74. The molecule has 5 heteroatoms. The summed E-state index contributed by atoms with van der Waals surface area (Å²) in [5, 5.41) is 10.3. The third-order valence-electron chi connectivity index (χ3n) is 1.03. The van der Waals surface area contributed by atoms with Crippen molar-refractivity contribution in [2.24, 2.45) is 4.99 Å². The van der Waals surface area contributed by atoms with Crippen LogP contribution in [0.15, 0.2) is 11.2 Å². The molecule has 58 valence electrons. The van der Waals surface area contributed by atoms with Gasteiger partial charge in [-0.3, -0.25) is 0 Å². The van der Waals surface area contributed by atoms with Crippen LogP contribution in [0, 0.1) is 0 Å². The smallest absolute Gasteiger partial charge is 0.242 e. The van der Waals surface area contributed by atoms with E-state index in [1.807, 2.05) is 6.92 Å². The topological polar surface area (TPSA) is 63.1 Å². The SMILES string of the molecule is CC=Nc1cnc(NC)nn1. The van der Waals surface area contributed by atoms with Crippen molar-refractivity contribution in [3.63, 3.8) is 0 Å². The first kappa shape index (κ1) is 7.59. The molecule has 0 fully saturated rings. The van der Waals surface area contributed by atoms with Gasteiger partial charge in [-0.05, 0) is 6.92 Å². The van der Waals surface area contributed by atoms with Crippen molar-refractivity contribution >= 4 is 18.0 Å². The summed E-state index contributed by atoms with van der Waals surface area (Å²) in [6, 6.07) is 0. The summed E-state index contributed by atoms with van der Waals surface area (Å²) < 4.78 is 0. The van der Waals surface area contributed by atoms with Gasteiger partial charge in [0, 0.05) is 13.3 Å². The van der Waals surface area contributed by atoms with E-state index >= 15 is 0 Å². The lowest BCUT2D eigenvalue weighted by molar-refractivity contribution is 0.969. The summed E-state index contributed by atoms with van der Waals surface area (Å²) in [5.41, 5.74) is 0. The molecule has 0 saturated carbocycles. The monoisotopic (exact) mass is 151 g/mol. The molecular formula is C6H9N5. The summed E-state index contributed by atoms with van der Waals surface area (Å²) in [6.45, 7) is 1.81. The standard InChI is InChI=1S/C6H9N5/c1-3-8-5-4-9-6(7-2)11-10-5/h3-4H,1-2H3,(H,7,9,11). The highest BCUT2D eigenvalue weighted by molar-refractivity contribution is 5.58. The average molecular weight is 151 g/mol. The molecular weight excluding hydrogens is 142 g/mol. The minimum absolute atomic E-state index is 0.500. The van der Waals surface area contributed by atoms with Gasteiger partial charge >= 0.3 is 0 Å². The van der Waals surface area contributed by atoms with Gasteiger partial charge < -0.3 is 5.32 Å². The molecule has 0 aliphatic rings. The molecule has 1 aromatic rings. The van der Waals surface area contributed by atoms with Gasteiger partial charge in [0.1, 0.15) is 0 Å². The zero-order valence-corrected chi connectivity index (χ0v) is 6.44. The van der Waals surface area contributed by atoms with Gasteiger partial charge in [0.25, 0.3) is 0 Å². The van der Waals surface area contributed by atoms with Crippen LogP contribution in [0.2, 0.25) is 0 Å². The fraction of sp³-hybridized carbons (Fsp3) is 0.333. The van der Waals surface area contributed by atoms with Crippen LogP contribution in [-0.4, -0.2) is 28.4 Å². The summed E-state index contributed by atoms with van der Waals surface area (Å²) in [5.74, 6) is 1.02. The normalized spacial score (nSPS) is 10.4. The second-order valence-electron chi connectivity index (χ2n) is 1.78. The average Bonchev–Trinajstić information content (AvgIpc) is 2.07. The Balaban J connectivity index is 2.82. The maximum absolute atomic E-state index is 3.92. The molecule has 5 nitrogen and oxygen atoms in total. The molecule has 0 amide bonds. The van der Waals surface area contributed by atoms with Gasteiger partial charge in [-0.25, -0.2) is 9.98 Å². The Labute approximate surface area is 64.6 Å². The van der Waals surface area contributed by atoms with E-state index in [-0.39, 0.29) is 0 Å². The van der Waals surface area contributed by atoms with Gasteiger partial charge in [0.05, 0.1) is 6.20 Å². The van der Waals surface area contributed by atoms with Crippen LogP contribution in [-0.2, 0) is 0 Å². The van der Waals surface area contributed by atoms with Gasteiger partial charge in [-0.2, -0.15) is 0 Å². The minimum atomic E-state index is 0.500. The molecule has 0 atom stereocenters. The summed E-state index contributed by atoms with van der Waals surface area (Å²) in [4.78, 5) is 7.81.